The molecule has 4 nitrogen and oxygen atoms in total. The smallest absolute Gasteiger partial charge is 0.225 e. The Hall–Kier alpha value is -1.16. The van der Waals surface area contributed by atoms with Crippen molar-refractivity contribution in [3.8, 4) is 0 Å². The van der Waals surface area contributed by atoms with E-state index in [-0.39, 0.29) is 0 Å². The minimum Gasteiger partial charge on any atom is -0.341 e. The van der Waals surface area contributed by atoms with E-state index in [9.17, 15) is 0 Å². The van der Waals surface area contributed by atoms with E-state index >= 15 is 0 Å². The molecule has 0 amide bonds. The van der Waals surface area contributed by atoms with Gasteiger partial charge in [-0.3, -0.25) is 0 Å². The number of rotatable bonds is 4. The second-order valence-corrected chi connectivity index (χ2v) is 5.40. The van der Waals surface area contributed by atoms with Gasteiger partial charge in [0.25, 0.3) is 0 Å². The van der Waals surface area contributed by atoms with Gasteiger partial charge < -0.3 is 10.2 Å². The Morgan fingerprint density at radius 3 is 2.17 bits per heavy atom. The lowest BCUT2D eigenvalue weighted by Crippen LogP contribution is -2.25. The molecule has 1 aromatic rings. The second-order valence-electron chi connectivity index (χ2n) is 5.40. The first-order chi connectivity index (χ1) is 8.58. The van der Waals surface area contributed by atoms with E-state index in [4.69, 9.17) is 0 Å². The average molecular weight is 248 g/mol. The van der Waals surface area contributed by atoms with E-state index < -0.39 is 0 Å². The lowest BCUT2D eigenvalue weighted by atomic mass is 10.1. The summed E-state index contributed by atoms with van der Waals surface area (Å²) < 4.78 is 0. The van der Waals surface area contributed by atoms with Crippen LogP contribution < -0.4 is 10.2 Å². The van der Waals surface area contributed by atoms with E-state index in [0.717, 1.165) is 37.0 Å². The van der Waals surface area contributed by atoms with E-state index in [0.29, 0.717) is 6.04 Å². The van der Waals surface area contributed by atoms with Crippen molar-refractivity contribution in [3.05, 3.63) is 17.0 Å². The van der Waals surface area contributed by atoms with E-state index in [1.165, 1.54) is 18.4 Å². The Kier molecular flexibility index (Phi) is 4.17. The molecule has 0 saturated carbocycles. The quantitative estimate of drug-likeness (QED) is 0.887. The Morgan fingerprint density at radius 1 is 1.11 bits per heavy atom. The molecule has 0 unspecified atom stereocenters. The number of aryl methyl sites for hydroxylation is 2. The zero-order valence-corrected chi connectivity index (χ0v) is 12.0. The summed E-state index contributed by atoms with van der Waals surface area (Å²) in [5.74, 6) is 0.913. The van der Waals surface area contributed by atoms with E-state index in [1.54, 1.807) is 0 Å². The maximum absolute atomic E-state index is 4.67. The first-order valence-electron chi connectivity index (χ1n) is 6.90. The van der Waals surface area contributed by atoms with Gasteiger partial charge in [0.1, 0.15) is 0 Å². The number of nitrogens with one attached hydrogen (secondary N) is 1. The van der Waals surface area contributed by atoms with Gasteiger partial charge in [-0.15, -0.1) is 0 Å². The molecule has 100 valence electrons. The van der Waals surface area contributed by atoms with Gasteiger partial charge in [0.15, 0.2) is 0 Å². The fourth-order valence-electron chi connectivity index (χ4n) is 2.34. The lowest BCUT2D eigenvalue weighted by molar-refractivity contribution is 0.582. The Bertz CT molecular complexity index is 385. The molecule has 1 saturated heterocycles. The average Bonchev–Trinajstić information content (AvgIpc) is 2.80. The minimum atomic E-state index is 0.488. The first-order valence-corrected chi connectivity index (χ1v) is 6.90. The van der Waals surface area contributed by atoms with Crippen LogP contribution in [-0.2, 0) is 6.54 Å². The van der Waals surface area contributed by atoms with Crippen molar-refractivity contribution in [2.45, 2.75) is 53.1 Å². The molecule has 18 heavy (non-hydrogen) atoms. The normalized spacial score (nSPS) is 15.7. The summed E-state index contributed by atoms with van der Waals surface area (Å²) in [6, 6.07) is 0.488. The molecule has 0 aromatic carbocycles. The SMILES string of the molecule is Cc1nc(N2CCCC2)nc(C)c1CNC(C)C. The number of anilines is 1. The number of aromatic nitrogens is 2. The van der Waals surface area contributed by atoms with Crippen LogP contribution in [0, 0.1) is 13.8 Å². The molecule has 1 aliphatic rings. The molecule has 1 aromatic heterocycles. The maximum Gasteiger partial charge on any atom is 0.225 e. The maximum atomic E-state index is 4.67. The summed E-state index contributed by atoms with van der Waals surface area (Å²) >= 11 is 0. The summed E-state index contributed by atoms with van der Waals surface area (Å²) in [4.78, 5) is 11.6. The van der Waals surface area contributed by atoms with E-state index in [2.05, 4.69) is 47.9 Å². The molecule has 0 atom stereocenters. The molecule has 0 spiro atoms. The molecule has 2 heterocycles. The van der Waals surface area contributed by atoms with E-state index in [1.807, 2.05) is 0 Å². The van der Waals surface area contributed by atoms with Gasteiger partial charge in [-0.25, -0.2) is 9.97 Å². The van der Waals surface area contributed by atoms with Crippen LogP contribution in [-0.4, -0.2) is 29.1 Å². The van der Waals surface area contributed by atoms with Crippen LogP contribution in [0.1, 0.15) is 43.6 Å². The molecule has 4 heteroatoms. The largest absolute Gasteiger partial charge is 0.341 e. The summed E-state index contributed by atoms with van der Waals surface area (Å²) in [7, 11) is 0. The standard InChI is InChI=1S/C14H24N4/c1-10(2)15-9-13-11(3)16-14(17-12(13)4)18-7-5-6-8-18/h10,15H,5-9H2,1-4H3. The molecular weight excluding hydrogens is 224 g/mol. The van der Waals surface area contributed by atoms with Gasteiger partial charge in [-0.1, -0.05) is 13.8 Å². The van der Waals surface area contributed by atoms with Gasteiger partial charge in [-0.2, -0.15) is 0 Å². The third kappa shape index (κ3) is 2.99. The Balaban J connectivity index is 2.17. The van der Waals surface area contributed by atoms with Crippen LogP contribution in [0.15, 0.2) is 0 Å². The third-order valence-corrected chi connectivity index (χ3v) is 3.48. The van der Waals surface area contributed by atoms with Gasteiger partial charge in [0.2, 0.25) is 5.95 Å². The van der Waals surface area contributed by atoms with Crippen molar-refractivity contribution in [3.63, 3.8) is 0 Å². The zero-order valence-electron chi connectivity index (χ0n) is 12.0. The number of nitrogens with zero attached hydrogens (tertiary/aromatic N) is 3. The van der Waals surface area contributed by atoms with Crippen LogP contribution >= 0.6 is 0 Å². The van der Waals surface area contributed by atoms with Gasteiger partial charge >= 0.3 is 0 Å². The first kappa shape index (κ1) is 13.3. The second kappa shape index (κ2) is 5.65. The third-order valence-electron chi connectivity index (χ3n) is 3.48. The molecule has 0 radical (unpaired) electrons. The van der Waals surface area contributed by atoms with Crippen LogP contribution in [0.25, 0.3) is 0 Å². The van der Waals surface area contributed by atoms with Crippen molar-refractivity contribution in [1.82, 2.24) is 15.3 Å². The number of hydrogen-bond donors (Lipinski definition) is 1. The lowest BCUT2D eigenvalue weighted by Gasteiger charge is -2.19. The van der Waals surface area contributed by atoms with Gasteiger partial charge in [0.05, 0.1) is 0 Å². The number of hydrogen-bond acceptors (Lipinski definition) is 4. The zero-order chi connectivity index (χ0) is 13.1. The minimum absolute atomic E-state index is 0.488. The monoisotopic (exact) mass is 248 g/mol. The Labute approximate surface area is 110 Å². The highest BCUT2D eigenvalue weighted by Gasteiger charge is 2.17. The van der Waals surface area contributed by atoms with Crippen molar-refractivity contribution in [2.75, 3.05) is 18.0 Å². The van der Waals surface area contributed by atoms with Crippen molar-refractivity contribution in [2.24, 2.45) is 0 Å². The molecule has 1 aliphatic heterocycles. The van der Waals surface area contributed by atoms with Gasteiger partial charge in [0, 0.05) is 42.6 Å². The molecular formula is C14H24N4. The fraction of sp³-hybridized carbons (Fsp3) is 0.714. The molecule has 1 fully saturated rings. The van der Waals surface area contributed by atoms with Gasteiger partial charge in [-0.05, 0) is 26.7 Å². The highest BCUT2D eigenvalue weighted by Crippen LogP contribution is 2.19. The summed E-state index contributed by atoms with van der Waals surface area (Å²) in [5.41, 5.74) is 3.46. The summed E-state index contributed by atoms with van der Waals surface area (Å²) in [6.45, 7) is 11.5. The van der Waals surface area contributed by atoms with Crippen LogP contribution in [0.2, 0.25) is 0 Å². The molecule has 0 bridgehead atoms. The Morgan fingerprint density at radius 2 is 1.67 bits per heavy atom. The molecule has 0 aliphatic carbocycles. The van der Waals surface area contributed by atoms with Crippen molar-refractivity contribution in [1.29, 1.82) is 0 Å². The molecule has 1 N–H and O–H groups in total. The highest BCUT2D eigenvalue weighted by molar-refractivity contribution is 5.37. The predicted octanol–water partition coefficient (Wildman–Crippen LogP) is 2.19. The van der Waals surface area contributed by atoms with Crippen LogP contribution in [0.5, 0.6) is 0 Å². The summed E-state index contributed by atoms with van der Waals surface area (Å²) in [5, 5.41) is 3.44. The fourth-order valence-corrected chi connectivity index (χ4v) is 2.34. The topological polar surface area (TPSA) is 41.1 Å². The highest BCUT2D eigenvalue weighted by atomic mass is 15.3. The molecule has 2 rings (SSSR count). The van der Waals surface area contributed by atoms with Crippen LogP contribution in [0.3, 0.4) is 0 Å². The van der Waals surface area contributed by atoms with Crippen LogP contribution in [0.4, 0.5) is 5.95 Å². The van der Waals surface area contributed by atoms with Crippen molar-refractivity contribution < 1.29 is 0 Å². The predicted molar refractivity (Wildman–Crippen MR) is 74.9 cm³/mol. The van der Waals surface area contributed by atoms with Crippen molar-refractivity contribution >= 4 is 5.95 Å². The summed E-state index contributed by atoms with van der Waals surface area (Å²) in [6.07, 6.45) is 2.52.